The minimum absolute atomic E-state index is 0.250. The summed E-state index contributed by atoms with van der Waals surface area (Å²) in [5.41, 5.74) is 4.28. The van der Waals surface area contributed by atoms with Crippen LogP contribution in [-0.4, -0.2) is 27.9 Å². The molecule has 0 amide bonds. The second-order valence-electron chi connectivity index (χ2n) is 7.55. The van der Waals surface area contributed by atoms with E-state index in [9.17, 15) is 15.0 Å². The third kappa shape index (κ3) is 4.85. The number of hydrogen-bond donors (Lipinski definition) is 4. The molecule has 5 nitrogen and oxygen atoms in total. The Labute approximate surface area is 183 Å². The average Bonchev–Trinajstić information content (AvgIpc) is 3.18. The van der Waals surface area contributed by atoms with Crippen LogP contribution in [0, 0.1) is 0 Å². The third-order valence-electron chi connectivity index (χ3n) is 5.63. The predicted molar refractivity (Wildman–Crippen MR) is 121 cm³/mol. The van der Waals surface area contributed by atoms with E-state index in [0.29, 0.717) is 12.1 Å². The number of rotatable bonds is 6. The van der Waals surface area contributed by atoms with Crippen LogP contribution in [-0.2, 0) is 23.3 Å². The van der Waals surface area contributed by atoms with E-state index in [2.05, 4.69) is 29.6 Å². The van der Waals surface area contributed by atoms with Gasteiger partial charge in [-0.2, -0.15) is 0 Å². The maximum absolute atomic E-state index is 11.5. The Kier molecular flexibility index (Phi) is 7.58. The zero-order chi connectivity index (χ0) is 22.3. The number of aliphatic hydroxyl groups is 2. The van der Waals surface area contributed by atoms with Crippen molar-refractivity contribution in [3.63, 3.8) is 0 Å². The summed E-state index contributed by atoms with van der Waals surface area (Å²) in [7, 11) is 0. The van der Waals surface area contributed by atoms with Gasteiger partial charge in [0.15, 0.2) is 6.10 Å². The van der Waals surface area contributed by atoms with Gasteiger partial charge in [0.1, 0.15) is 0 Å². The number of nitrogens with one attached hydrogen (secondary N) is 1. The maximum Gasteiger partial charge on any atom is 0.337 e. The zero-order valence-electron chi connectivity index (χ0n) is 17.7. The number of carboxylic acid groups (broad SMARTS) is 1. The molecule has 162 valence electrons. The molecule has 0 bridgehead atoms. The van der Waals surface area contributed by atoms with E-state index in [4.69, 9.17) is 5.11 Å². The molecule has 4 rings (SSSR count). The van der Waals surface area contributed by atoms with Gasteiger partial charge < -0.3 is 15.3 Å². The van der Waals surface area contributed by atoms with E-state index >= 15 is 0 Å². The fraction of sp³-hybridized carbons (Fsp3) is 0.269. The van der Waals surface area contributed by atoms with E-state index in [-0.39, 0.29) is 6.61 Å². The number of aliphatic hydroxyl groups excluding tert-OH is 2. The van der Waals surface area contributed by atoms with Crippen LogP contribution in [0.15, 0.2) is 78.9 Å². The van der Waals surface area contributed by atoms with Crippen molar-refractivity contribution in [2.24, 2.45) is 0 Å². The molecule has 0 aromatic heterocycles. The Morgan fingerprint density at radius 2 is 1.55 bits per heavy atom. The van der Waals surface area contributed by atoms with Crippen molar-refractivity contribution < 1.29 is 20.1 Å². The van der Waals surface area contributed by atoms with Crippen LogP contribution in [0.2, 0.25) is 0 Å². The summed E-state index contributed by atoms with van der Waals surface area (Å²) in [5.74, 6) is -1.24. The zero-order valence-corrected chi connectivity index (χ0v) is 17.7. The predicted octanol–water partition coefficient (Wildman–Crippen LogP) is 3.78. The Bertz CT molecular complexity index is 1010. The summed E-state index contributed by atoms with van der Waals surface area (Å²) < 4.78 is 0. The van der Waals surface area contributed by atoms with Crippen LogP contribution in [0.1, 0.15) is 47.3 Å². The number of aliphatic carboxylic acids is 1. The van der Waals surface area contributed by atoms with Crippen LogP contribution in [0.25, 0.3) is 0 Å². The standard InChI is InChI=1S/C24H23NO3.C2H6O/c26-22(23(27)28)19-11-5-7-13-21(19)24(25-16-17-8-2-1-3-9-17)15-14-18-10-4-6-12-20(18)24;1-2-3/h1-13,22,25-26H,14-16H2,(H,27,28);3H,2H2,1H3. The fourth-order valence-corrected chi connectivity index (χ4v) is 4.28. The molecule has 3 aromatic carbocycles. The Hall–Kier alpha value is -2.99. The van der Waals surface area contributed by atoms with Gasteiger partial charge in [-0.15, -0.1) is 0 Å². The lowest BCUT2D eigenvalue weighted by molar-refractivity contribution is -0.147. The molecule has 31 heavy (non-hydrogen) atoms. The largest absolute Gasteiger partial charge is 0.479 e. The van der Waals surface area contributed by atoms with Crippen LogP contribution >= 0.6 is 0 Å². The highest BCUT2D eigenvalue weighted by Crippen LogP contribution is 2.44. The van der Waals surface area contributed by atoms with E-state index in [0.717, 1.165) is 29.5 Å². The molecule has 4 N–H and O–H groups in total. The molecule has 0 fully saturated rings. The summed E-state index contributed by atoms with van der Waals surface area (Å²) in [5, 5.41) is 31.1. The van der Waals surface area contributed by atoms with Gasteiger partial charge in [0.25, 0.3) is 0 Å². The van der Waals surface area contributed by atoms with E-state index in [1.807, 2.05) is 42.5 Å². The van der Waals surface area contributed by atoms with Gasteiger partial charge in [-0.1, -0.05) is 78.9 Å². The van der Waals surface area contributed by atoms with Crippen molar-refractivity contribution in [1.29, 1.82) is 0 Å². The first-order valence-electron chi connectivity index (χ1n) is 10.5. The van der Waals surface area contributed by atoms with E-state index in [1.165, 1.54) is 5.56 Å². The van der Waals surface area contributed by atoms with Gasteiger partial charge in [-0.05, 0) is 47.6 Å². The molecule has 0 saturated heterocycles. The first kappa shape index (κ1) is 22.7. The lowest BCUT2D eigenvalue weighted by Gasteiger charge is -2.35. The molecule has 5 heteroatoms. The summed E-state index contributed by atoms with van der Waals surface area (Å²) in [6, 6.07) is 25.7. The minimum atomic E-state index is -1.56. The van der Waals surface area contributed by atoms with Gasteiger partial charge >= 0.3 is 5.97 Å². The smallest absolute Gasteiger partial charge is 0.337 e. The quantitative estimate of drug-likeness (QED) is 0.488. The lowest BCUT2D eigenvalue weighted by atomic mass is 9.80. The van der Waals surface area contributed by atoms with Crippen LogP contribution in [0.5, 0.6) is 0 Å². The summed E-state index contributed by atoms with van der Waals surface area (Å²) in [6.45, 7) is 2.58. The molecular weight excluding hydrogens is 390 g/mol. The number of hydrogen-bond acceptors (Lipinski definition) is 4. The third-order valence-corrected chi connectivity index (χ3v) is 5.63. The monoisotopic (exact) mass is 419 g/mol. The van der Waals surface area contributed by atoms with Crippen molar-refractivity contribution in [3.8, 4) is 0 Å². The Morgan fingerprint density at radius 1 is 0.968 bits per heavy atom. The lowest BCUT2D eigenvalue weighted by Crippen LogP contribution is -2.42. The molecule has 0 saturated carbocycles. The number of carbonyl (C=O) groups is 1. The number of aryl methyl sites for hydroxylation is 1. The minimum Gasteiger partial charge on any atom is -0.479 e. The SMILES string of the molecule is CCO.O=C(O)C(O)c1ccccc1C1(NCc2ccccc2)CCc2ccccc21. The highest BCUT2D eigenvalue weighted by atomic mass is 16.4. The van der Waals surface area contributed by atoms with Crippen LogP contribution < -0.4 is 5.32 Å². The van der Waals surface area contributed by atoms with Crippen molar-refractivity contribution in [2.75, 3.05) is 6.61 Å². The number of fused-ring (bicyclic) bond motifs is 1. The molecule has 2 atom stereocenters. The van der Waals surface area contributed by atoms with E-state index in [1.54, 1.807) is 19.1 Å². The molecular formula is C26H29NO4. The van der Waals surface area contributed by atoms with Gasteiger partial charge in [0.2, 0.25) is 0 Å². The molecule has 1 aliphatic carbocycles. The first-order valence-corrected chi connectivity index (χ1v) is 10.5. The molecule has 1 aliphatic rings. The van der Waals surface area contributed by atoms with E-state index < -0.39 is 17.6 Å². The fourth-order valence-electron chi connectivity index (χ4n) is 4.28. The Balaban J connectivity index is 0.000000858. The second-order valence-corrected chi connectivity index (χ2v) is 7.55. The maximum atomic E-state index is 11.5. The first-order chi connectivity index (χ1) is 15.0. The molecule has 0 aliphatic heterocycles. The van der Waals surface area contributed by atoms with Gasteiger partial charge in [-0.3, -0.25) is 5.32 Å². The van der Waals surface area contributed by atoms with Gasteiger partial charge in [0.05, 0.1) is 5.54 Å². The van der Waals surface area contributed by atoms with Crippen molar-refractivity contribution in [1.82, 2.24) is 5.32 Å². The molecule has 0 radical (unpaired) electrons. The van der Waals surface area contributed by atoms with Crippen molar-refractivity contribution in [3.05, 3.63) is 107 Å². The van der Waals surface area contributed by atoms with Gasteiger partial charge in [0, 0.05) is 13.2 Å². The highest BCUT2D eigenvalue weighted by Gasteiger charge is 2.42. The van der Waals surface area contributed by atoms with Gasteiger partial charge in [-0.25, -0.2) is 4.79 Å². The number of carboxylic acids is 1. The summed E-state index contributed by atoms with van der Waals surface area (Å²) >= 11 is 0. The highest BCUT2D eigenvalue weighted by molar-refractivity contribution is 5.75. The van der Waals surface area contributed by atoms with Crippen LogP contribution in [0.3, 0.4) is 0 Å². The molecule has 0 spiro atoms. The van der Waals surface area contributed by atoms with Crippen molar-refractivity contribution in [2.45, 2.75) is 38.0 Å². The molecule has 2 unspecified atom stereocenters. The van der Waals surface area contributed by atoms with Crippen LogP contribution in [0.4, 0.5) is 0 Å². The topological polar surface area (TPSA) is 89.8 Å². The number of benzene rings is 3. The van der Waals surface area contributed by atoms with Crippen molar-refractivity contribution >= 4 is 5.97 Å². The molecule has 3 aromatic rings. The molecule has 0 heterocycles. The summed E-state index contributed by atoms with van der Waals surface area (Å²) in [4.78, 5) is 11.5. The Morgan fingerprint density at radius 3 is 2.23 bits per heavy atom. The second kappa shape index (κ2) is 10.4. The summed E-state index contributed by atoms with van der Waals surface area (Å²) in [6.07, 6.45) is 0.150. The normalized spacial score (nSPS) is 17.9. The average molecular weight is 420 g/mol.